The van der Waals surface area contributed by atoms with E-state index in [1.165, 1.54) is 16.5 Å². The molecule has 1 amide bonds. The molecule has 0 saturated carbocycles. The van der Waals surface area contributed by atoms with E-state index in [0.717, 1.165) is 11.1 Å². The highest BCUT2D eigenvalue weighted by atomic mass is 16.2. The summed E-state index contributed by atoms with van der Waals surface area (Å²) in [6, 6.07) is 6.08. The number of nitrogens with zero attached hydrogens (tertiary/aromatic N) is 1. The molecule has 1 aromatic rings. The Bertz CT molecular complexity index is 604. The van der Waals surface area contributed by atoms with Crippen LogP contribution < -0.4 is 0 Å². The third-order valence-electron chi connectivity index (χ3n) is 3.57. The summed E-state index contributed by atoms with van der Waals surface area (Å²) >= 11 is 0. The van der Waals surface area contributed by atoms with Crippen LogP contribution in [0.25, 0.3) is 5.57 Å². The molecule has 0 aliphatic heterocycles. The van der Waals surface area contributed by atoms with Gasteiger partial charge < -0.3 is 4.90 Å². The van der Waals surface area contributed by atoms with Crippen molar-refractivity contribution in [2.45, 2.75) is 32.6 Å². The molecular formula is C17H21NO2. The Balaban J connectivity index is 2.58. The molecule has 3 nitrogen and oxygen atoms in total. The Morgan fingerprint density at radius 1 is 1.20 bits per heavy atom. The fourth-order valence-corrected chi connectivity index (χ4v) is 2.34. The third kappa shape index (κ3) is 2.67. The van der Waals surface area contributed by atoms with Crippen molar-refractivity contribution in [3.8, 4) is 0 Å². The maximum absolute atomic E-state index is 12.3. The van der Waals surface area contributed by atoms with E-state index in [2.05, 4.69) is 32.9 Å². The van der Waals surface area contributed by atoms with Gasteiger partial charge in [0, 0.05) is 20.5 Å². The zero-order valence-electron chi connectivity index (χ0n) is 12.8. The van der Waals surface area contributed by atoms with Crippen LogP contribution in [0.15, 0.2) is 24.3 Å². The molecule has 0 aromatic heterocycles. The highest BCUT2D eigenvalue weighted by Crippen LogP contribution is 2.31. The highest BCUT2D eigenvalue weighted by Gasteiger charge is 2.25. The minimum Gasteiger partial charge on any atom is -0.345 e. The lowest BCUT2D eigenvalue weighted by Gasteiger charge is -2.24. The largest absolute Gasteiger partial charge is 0.345 e. The molecule has 2 rings (SSSR count). The van der Waals surface area contributed by atoms with Gasteiger partial charge >= 0.3 is 0 Å². The Morgan fingerprint density at radius 3 is 2.40 bits per heavy atom. The van der Waals surface area contributed by atoms with Crippen molar-refractivity contribution in [2.24, 2.45) is 0 Å². The summed E-state index contributed by atoms with van der Waals surface area (Å²) in [6.07, 6.45) is 1.86. The van der Waals surface area contributed by atoms with E-state index in [9.17, 15) is 9.59 Å². The minimum absolute atomic E-state index is 0.00814. The summed E-state index contributed by atoms with van der Waals surface area (Å²) < 4.78 is 0. The molecule has 1 aliphatic rings. The van der Waals surface area contributed by atoms with E-state index in [1.54, 1.807) is 14.1 Å². The van der Waals surface area contributed by atoms with Crippen molar-refractivity contribution in [1.29, 1.82) is 0 Å². The predicted molar refractivity (Wildman–Crippen MR) is 80.5 cm³/mol. The normalized spacial score (nSPS) is 14.7. The van der Waals surface area contributed by atoms with Gasteiger partial charge in [0.2, 0.25) is 0 Å². The number of carbonyl (C=O) groups is 2. The molecule has 0 N–H and O–H groups in total. The second-order valence-corrected chi connectivity index (χ2v) is 6.52. The maximum Gasteiger partial charge on any atom is 0.254 e. The van der Waals surface area contributed by atoms with Crippen molar-refractivity contribution in [2.75, 3.05) is 14.1 Å². The fraction of sp³-hybridized carbons (Fsp3) is 0.412. The first-order valence-corrected chi connectivity index (χ1v) is 6.80. The van der Waals surface area contributed by atoms with Gasteiger partial charge in [0.05, 0.1) is 5.57 Å². The Labute approximate surface area is 120 Å². The van der Waals surface area contributed by atoms with Crippen LogP contribution in [0.4, 0.5) is 0 Å². The van der Waals surface area contributed by atoms with Crippen molar-refractivity contribution in [3.05, 3.63) is 41.0 Å². The number of carbonyl (C=O) groups excluding carboxylic acids is 2. The molecule has 0 unspecified atom stereocenters. The van der Waals surface area contributed by atoms with Gasteiger partial charge in [0.15, 0.2) is 5.78 Å². The molecular weight excluding hydrogens is 250 g/mol. The Hall–Kier alpha value is -1.90. The van der Waals surface area contributed by atoms with Gasteiger partial charge in [-0.25, -0.2) is 0 Å². The number of ketones is 1. The summed E-state index contributed by atoms with van der Waals surface area (Å²) in [5, 5.41) is 0. The van der Waals surface area contributed by atoms with Gasteiger partial charge in [-0.15, -0.1) is 0 Å². The van der Waals surface area contributed by atoms with Gasteiger partial charge in [0.1, 0.15) is 0 Å². The van der Waals surface area contributed by atoms with E-state index in [4.69, 9.17) is 0 Å². The topological polar surface area (TPSA) is 37.4 Å². The lowest BCUT2D eigenvalue weighted by molar-refractivity contribution is -0.123. The molecule has 0 fully saturated rings. The summed E-state index contributed by atoms with van der Waals surface area (Å²) in [4.78, 5) is 25.6. The second kappa shape index (κ2) is 4.89. The van der Waals surface area contributed by atoms with Crippen molar-refractivity contribution < 1.29 is 9.59 Å². The molecule has 0 heterocycles. The third-order valence-corrected chi connectivity index (χ3v) is 3.57. The Kier molecular flexibility index (Phi) is 3.55. The minimum atomic E-state index is -0.120. The van der Waals surface area contributed by atoms with Crippen LogP contribution in [-0.2, 0) is 21.4 Å². The first-order valence-electron chi connectivity index (χ1n) is 6.80. The van der Waals surface area contributed by atoms with Crippen LogP contribution in [0.1, 0.15) is 37.5 Å². The quantitative estimate of drug-likeness (QED) is 0.787. The first-order chi connectivity index (χ1) is 9.20. The van der Waals surface area contributed by atoms with Crippen LogP contribution >= 0.6 is 0 Å². The molecule has 0 spiro atoms. The van der Waals surface area contributed by atoms with E-state index in [-0.39, 0.29) is 17.1 Å². The predicted octanol–water partition coefficient (Wildman–Crippen LogP) is 2.58. The average Bonchev–Trinajstić information content (AvgIpc) is 2.34. The molecule has 1 aromatic carbocycles. The molecule has 0 radical (unpaired) electrons. The molecule has 0 saturated heterocycles. The van der Waals surface area contributed by atoms with Gasteiger partial charge in [0.25, 0.3) is 5.91 Å². The monoisotopic (exact) mass is 271 g/mol. The summed E-state index contributed by atoms with van der Waals surface area (Å²) in [6.45, 7) is 6.42. The smallest absolute Gasteiger partial charge is 0.254 e. The van der Waals surface area contributed by atoms with Crippen LogP contribution in [-0.4, -0.2) is 30.7 Å². The lowest BCUT2D eigenvalue weighted by atomic mass is 9.81. The number of fused-ring (bicyclic) bond motifs is 1. The second-order valence-electron chi connectivity index (χ2n) is 6.52. The molecule has 1 aliphatic carbocycles. The summed E-state index contributed by atoms with van der Waals surface area (Å²) in [7, 11) is 3.41. The van der Waals surface area contributed by atoms with E-state index < -0.39 is 0 Å². The Morgan fingerprint density at radius 2 is 1.85 bits per heavy atom. The van der Waals surface area contributed by atoms with Crippen LogP contribution in [0.2, 0.25) is 0 Å². The number of hydrogen-bond donors (Lipinski definition) is 0. The number of benzene rings is 1. The number of likely N-dealkylation sites (N-methyl/N-ethyl adjacent to an activating group) is 1. The number of rotatable bonds is 1. The van der Waals surface area contributed by atoms with Crippen molar-refractivity contribution in [1.82, 2.24) is 4.90 Å². The highest BCUT2D eigenvalue weighted by molar-refractivity contribution is 6.25. The number of allylic oxidation sites excluding steroid dienone is 1. The molecule has 20 heavy (non-hydrogen) atoms. The molecule has 3 heteroatoms. The lowest BCUT2D eigenvalue weighted by Crippen LogP contribution is -2.26. The number of amides is 1. The standard InChI is InChI=1S/C17H21NO2/c1-17(2,3)12-7-6-11-8-13(19)10-15(14(11)9-12)16(20)18(4)5/h6-7,9-10H,8H2,1-5H3. The summed E-state index contributed by atoms with van der Waals surface area (Å²) in [5.41, 5.74) is 3.53. The SMILES string of the molecule is CN(C)C(=O)C1=CC(=O)Cc2ccc(C(C)(C)C)cc21. The fourth-order valence-electron chi connectivity index (χ4n) is 2.34. The zero-order valence-corrected chi connectivity index (χ0v) is 12.8. The van der Waals surface area contributed by atoms with E-state index >= 15 is 0 Å². The van der Waals surface area contributed by atoms with E-state index in [1.807, 2.05) is 6.07 Å². The first kappa shape index (κ1) is 14.5. The van der Waals surface area contributed by atoms with Crippen molar-refractivity contribution in [3.63, 3.8) is 0 Å². The molecule has 0 bridgehead atoms. The maximum atomic E-state index is 12.3. The molecule has 106 valence electrons. The van der Waals surface area contributed by atoms with Gasteiger partial charge in [-0.2, -0.15) is 0 Å². The van der Waals surface area contributed by atoms with Crippen LogP contribution in [0, 0.1) is 0 Å². The van der Waals surface area contributed by atoms with E-state index in [0.29, 0.717) is 12.0 Å². The van der Waals surface area contributed by atoms with Gasteiger partial charge in [-0.3, -0.25) is 9.59 Å². The molecule has 0 atom stereocenters. The summed E-state index contributed by atoms with van der Waals surface area (Å²) in [5.74, 6) is -0.128. The van der Waals surface area contributed by atoms with Gasteiger partial charge in [-0.1, -0.05) is 39.0 Å². The van der Waals surface area contributed by atoms with Gasteiger partial charge in [-0.05, 0) is 28.2 Å². The zero-order chi connectivity index (χ0) is 15.1. The number of hydrogen-bond acceptors (Lipinski definition) is 2. The van der Waals surface area contributed by atoms with Crippen LogP contribution in [0.5, 0.6) is 0 Å². The van der Waals surface area contributed by atoms with Crippen LogP contribution in [0.3, 0.4) is 0 Å². The average molecular weight is 271 g/mol. The van der Waals surface area contributed by atoms with Crippen molar-refractivity contribution >= 4 is 17.3 Å².